The number of carbonyl (C=O) groups excluding carboxylic acids is 1. The van der Waals surface area contributed by atoms with E-state index in [9.17, 15) is 4.79 Å². The van der Waals surface area contributed by atoms with Gasteiger partial charge in [-0.25, -0.2) is 15.0 Å². The van der Waals surface area contributed by atoms with Gasteiger partial charge in [-0.15, -0.1) is 11.3 Å². The molecule has 0 bridgehead atoms. The number of ether oxygens (including phenoxy) is 1. The Balaban J connectivity index is 1.42. The zero-order valence-corrected chi connectivity index (χ0v) is 20.8. The maximum absolute atomic E-state index is 13.5. The molecule has 0 aliphatic carbocycles. The van der Waals surface area contributed by atoms with Gasteiger partial charge in [0, 0.05) is 16.7 Å². The number of benzene rings is 2. The van der Waals surface area contributed by atoms with E-state index in [1.165, 1.54) is 22.2 Å². The summed E-state index contributed by atoms with van der Waals surface area (Å²) in [6.45, 7) is 4.17. The Morgan fingerprint density at radius 2 is 1.88 bits per heavy atom. The molecule has 6 nitrogen and oxygen atoms in total. The van der Waals surface area contributed by atoms with E-state index in [2.05, 4.69) is 23.8 Å². The Hall–Kier alpha value is -3.23. The Labute approximate surface area is 206 Å². The lowest BCUT2D eigenvalue weighted by Gasteiger charge is -2.22. The fourth-order valence-electron chi connectivity index (χ4n) is 4.09. The number of methoxy groups -OCH3 is 1. The molecule has 1 atom stereocenters. The van der Waals surface area contributed by atoms with E-state index in [1.807, 2.05) is 54.6 Å². The number of rotatable bonds is 6. The highest BCUT2D eigenvalue weighted by Crippen LogP contribution is 2.37. The van der Waals surface area contributed by atoms with Crippen LogP contribution in [0.4, 0.5) is 0 Å². The number of thiophene rings is 1. The van der Waals surface area contributed by atoms with E-state index in [1.54, 1.807) is 29.8 Å². The first-order chi connectivity index (χ1) is 16.5. The maximum atomic E-state index is 13.5. The number of hydrazone groups is 1. The summed E-state index contributed by atoms with van der Waals surface area (Å²) in [5, 5.41) is 8.31. The normalized spacial score (nSPS) is 15.6. The number of aryl methyl sites for hydroxylation is 2. The summed E-state index contributed by atoms with van der Waals surface area (Å²) in [5.41, 5.74) is 4.15. The Morgan fingerprint density at radius 3 is 2.62 bits per heavy atom. The quantitative estimate of drug-likeness (QED) is 0.254. The van der Waals surface area contributed by atoms with Gasteiger partial charge in [0.25, 0.3) is 5.91 Å². The molecule has 0 saturated heterocycles. The van der Waals surface area contributed by atoms with Crippen molar-refractivity contribution in [1.82, 2.24) is 15.0 Å². The largest absolute Gasteiger partial charge is 0.497 e. The highest BCUT2D eigenvalue weighted by atomic mass is 32.2. The predicted molar refractivity (Wildman–Crippen MR) is 138 cm³/mol. The first-order valence-corrected chi connectivity index (χ1v) is 12.8. The molecule has 0 saturated carbocycles. The molecule has 0 N–H and O–H groups in total. The van der Waals surface area contributed by atoms with Gasteiger partial charge in [-0.1, -0.05) is 54.2 Å². The number of carbonyl (C=O) groups is 1. The van der Waals surface area contributed by atoms with Gasteiger partial charge in [0.1, 0.15) is 21.9 Å². The smallest absolute Gasteiger partial charge is 0.253 e. The van der Waals surface area contributed by atoms with Crippen molar-refractivity contribution in [2.75, 3.05) is 12.9 Å². The average molecular weight is 489 g/mol. The summed E-state index contributed by atoms with van der Waals surface area (Å²) < 4.78 is 5.31. The number of nitrogens with zero attached hydrogens (tertiary/aromatic N) is 4. The molecule has 172 valence electrons. The molecular weight excluding hydrogens is 464 g/mol. The van der Waals surface area contributed by atoms with E-state index in [0.717, 1.165) is 37.8 Å². The molecular formula is C26H24N4O2S2. The molecule has 8 heteroatoms. The lowest BCUT2D eigenvalue weighted by Crippen LogP contribution is -2.28. The number of fused-ring (bicyclic) bond motifs is 1. The third-order valence-electron chi connectivity index (χ3n) is 6.04. The van der Waals surface area contributed by atoms with Crippen LogP contribution in [0.2, 0.25) is 0 Å². The van der Waals surface area contributed by atoms with Crippen molar-refractivity contribution in [3.8, 4) is 5.75 Å². The third kappa shape index (κ3) is 4.31. The summed E-state index contributed by atoms with van der Waals surface area (Å²) in [6.07, 6.45) is 2.24. The molecule has 2 aromatic carbocycles. The fraction of sp³-hybridized carbons (Fsp3) is 0.231. The van der Waals surface area contributed by atoms with E-state index in [4.69, 9.17) is 9.84 Å². The van der Waals surface area contributed by atoms with E-state index in [-0.39, 0.29) is 17.7 Å². The Kier molecular flexibility index (Phi) is 6.34. The molecule has 5 rings (SSSR count). The highest BCUT2D eigenvalue weighted by Gasteiger charge is 2.33. The van der Waals surface area contributed by atoms with Crippen LogP contribution in [-0.2, 0) is 4.79 Å². The molecule has 3 heterocycles. The molecule has 34 heavy (non-hydrogen) atoms. The van der Waals surface area contributed by atoms with E-state index >= 15 is 0 Å². The first kappa shape index (κ1) is 22.6. The van der Waals surface area contributed by atoms with Crippen LogP contribution in [0.1, 0.15) is 34.0 Å². The summed E-state index contributed by atoms with van der Waals surface area (Å²) >= 11 is 3.11. The van der Waals surface area contributed by atoms with Gasteiger partial charge in [-0.2, -0.15) is 5.10 Å². The average Bonchev–Trinajstić information content (AvgIpc) is 3.45. The van der Waals surface area contributed by atoms with Crippen molar-refractivity contribution in [2.24, 2.45) is 5.10 Å². The van der Waals surface area contributed by atoms with Crippen LogP contribution in [0.15, 0.2) is 71.1 Å². The van der Waals surface area contributed by atoms with Crippen LogP contribution in [0.25, 0.3) is 10.2 Å². The van der Waals surface area contributed by atoms with Gasteiger partial charge in [0.05, 0.1) is 24.6 Å². The molecule has 1 aliphatic heterocycles. The minimum Gasteiger partial charge on any atom is -0.497 e. The van der Waals surface area contributed by atoms with Gasteiger partial charge >= 0.3 is 0 Å². The second-order valence-electron chi connectivity index (χ2n) is 8.08. The summed E-state index contributed by atoms with van der Waals surface area (Å²) in [6, 6.07) is 17.7. The number of aromatic nitrogens is 2. The van der Waals surface area contributed by atoms with Crippen molar-refractivity contribution in [1.29, 1.82) is 0 Å². The first-order valence-electron chi connectivity index (χ1n) is 11.0. The third-order valence-corrected chi connectivity index (χ3v) is 8.13. The Morgan fingerprint density at radius 1 is 1.12 bits per heavy atom. The van der Waals surface area contributed by atoms with Crippen LogP contribution in [0.5, 0.6) is 5.75 Å². The summed E-state index contributed by atoms with van der Waals surface area (Å²) in [4.78, 5) is 24.5. The fourth-order valence-corrected chi connectivity index (χ4v) is 6.06. The van der Waals surface area contributed by atoms with Crippen molar-refractivity contribution < 1.29 is 9.53 Å². The summed E-state index contributed by atoms with van der Waals surface area (Å²) in [5.74, 6) is 0.986. The molecule has 0 radical (unpaired) electrons. The molecule has 1 aliphatic rings. The molecule has 0 unspecified atom stereocenters. The van der Waals surface area contributed by atoms with Gasteiger partial charge in [-0.3, -0.25) is 4.79 Å². The second kappa shape index (κ2) is 9.56. The SMILES string of the molecule is COc1ccc([C@H]2CC(c3ccccc3)=NN2C(=O)CSc2ncnc3sc(C)c(C)c23)cc1. The van der Waals surface area contributed by atoms with E-state index < -0.39 is 0 Å². The van der Waals surface area contributed by atoms with Gasteiger partial charge in [0.2, 0.25) is 0 Å². The molecule has 2 aromatic heterocycles. The number of amides is 1. The van der Waals surface area contributed by atoms with E-state index in [0.29, 0.717) is 6.42 Å². The topological polar surface area (TPSA) is 67.7 Å². The molecule has 0 spiro atoms. The number of hydrogen-bond donors (Lipinski definition) is 0. The number of thioether (sulfide) groups is 1. The van der Waals surface area contributed by atoms with Crippen molar-refractivity contribution in [2.45, 2.75) is 31.3 Å². The van der Waals surface area contributed by atoms with Crippen LogP contribution in [0.3, 0.4) is 0 Å². The minimum atomic E-state index is -0.162. The Bertz CT molecular complexity index is 1370. The second-order valence-corrected chi connectivity index (χ2v) is 10.2. The molecule has 1 amide bonds. The highest BCUT2D eigenvalue weighted by molar-refractivity contribution is 8.00. The van der Waals surface area contributed by atoms with Gasteiger partial charge in [0.15, 0.2) is 0 Å². The zero-order valence-electron chi connectivity index (χ0n) is 19.2. The predicted octanol–water partition coefficient (Wildman–Crippen LogP) is 5.79. The van der Waals surface area contributed by atoms with Crippen LogP contribution < -0.4 is 4.74 Å². The van der Waals surface area contributed by atoms with Crippen LogP contribution >= 0.6 is 23.1 Å². The maximum Gasteiger partial charge on any atom is 0.253 e. The van der Waals surface area contributed by atoms with Gasteiger partial charge in [-0.05, 0) is 42.7 Å². The van der Waals surface area contributed by atoms with Crippen molar-refractivity contribution in [3.05, 3.63) is 82.5 Å². The molecule has 4 aromatic rings. The zero-order chi connectivity index (χ0) is 23.7. The standard InChI is InChI=1S/C26H24N4O2S2/c1-16-17(2)34-26-24(16)25(27-15-28-26)33-14-23(31)30-22(19-9-11-20(32-3)12-10-19)13-21(29-30)18-7-5-4-6-8-18/h4-12,15,22H,13-14H2,1-3H3/t22-/m1/s1. The number of hydrogen-bond acceptors (Lipinski definition) is 7. The van der Waals surface area contributed by atoms with Gasteiger partial charge < -0.3 is 4.74 Å². The summed E-state index contributed by atoms with van der Waals surface area (Å²) in [7, 11) is 1.65. The molecule has 0 fully saturated rings. The van der Waals surface area contributed by atoms with Crippen LogP contribution in [0, 0.1) is 13.8 Å². The van der Waals surface area contributed by atoms with Crippen molar-refractivity contribution in [3.63, 3.8) is 0 Å². The lowest BCUT2D eigenvalue weighted by molar-refractivity contribution is -0.130. The minimum absolute atomic E-state index is 0.0480. The van der Waals surface area contributed by atoms with Crippen molar-refractivity contribution >= 4 is 44.9 Å². The van der Waals surface area contributed by atoms with Crippen LogP contribution in [-0.4, -0.2) is 39.5 Å². The monoisotopic (exact) mass is 488 g/mol. The lowest BCUT2D eigenvalue weighted by atomic mass is 9.98.